The van der Waals surface area contributed by atoms with Gasteiger partial charge in [-0.1, -0.05) is 29.8 Å². The molecule has 0 aliphatic heterocycles. The quantitative estimate of drug-likeness (QED) is 0.704. The summed E-state index contributed by atoms with van der Waals surface area (Å²) in [5.74, 6) is 0.205. The lowest BCUT2D eigenvalue weighted by Gasteiger charge is -2.25. The zero-order valence-corrected chi connectivity index (χ0v) is 16.9. The smallest absolute Gasteiger partial charge is 0.267 e. The summed E-state index contributed by atoms with van der Waals surface area (Å²) in [4.78, 5) is 24.2. The van der Waals surface area contributed by atoms with Gasteiger partial charge in [-0.3, -0.25) is 9.59 Å². The standard InChI is InChI=1S/C20H23BrN2O3/c1-13(2)18(24)22-15-7-9-16(10-8-15)23-19(25)20(3,4)26-17-11-5-14(21)6-12-17/h5-13H,1-4H3,(H,22,24)(H,23,25). The highest BCUT2D eigenvalue weighted by Crippen LogP contribution is 2.23. The Balaban J connectivity index is 1.99. The van der Waals surface area contributed by atoms with Crippen LogP contribution in [0.1, 0.15) is 27.7 Å². The van der Waals surface area contributed by atoms with Gasteiger partial charge in [0, 0.05) is 21.8 Å². The second-order valence-electron chi connectivity index (χ2n) is 6.74. The normalized spacial score (nSPS) is 11.2. The summed E-state index contributed by atoms with van der Waals surface area (Å²) in [6, 6.07) is 14.3. The van der Waals surface area contributed by atoms with Gasteiger partial charge in [0.15, 0.2) is 5.60 Å². The zero-order chi connectivity index (χ0) is 19.3. The molecule has 0 aliphatic carbocycles. The van der Waals surface area contributed by atoms with E-state index >= 15 is 0 Å². The third-order valence-corrected chi connectivity index (χ3v) is 4.20. The molecule has 2 aromatic rings. The highest BCUT2D eigenvalue weighted by molar-refractivity contribution is 9.10. The molecule has 138 valence electrons. The molecule has 26 heavy (non-hydrogen) atoms. The number of ether oxygens (including phenoxy) is 1. The number of hydrogen-bond donors (Lipinski definition) is 2. The Morgan fingerprint density at radius 2 is 1.42 bits per heavy atom. The summed E-state index contributed by atoms with van der Waals surface area (Å²) in [7, 11) is 0. The molecule has 0 aliphatic rings. The molecular weight excluding hydrogens is 396 g/mol. The van der Waals surface area contributed by atoms with Gasteiger partial charge in [-0.15, -0.1) is 0 Å². The first-order chi connectivity index (χ1) is 12.2. The molecule has 0 spiro atoms. The van der Waals surface area contributed by atoms with E-state index in [1.807, 2.05) is 26.0 Å². The molecule has 0 heterocycles. The zero-order valence-electron chi connectivity index (χ0n) is 15.3. The topological polar surface area (TPSA) is 67.4 Å². The molecule has 6 heteroatoms. The van der Waals surface area contributed by atoms with Gasteiger partial charge >= 0.3 is 0 Å². The fourth-order valence-electron chi connectivity index (χ4n) is 2.05. The van der Waals surface area contributed by atoms with E-state index < -0.39 is 5.60 Å². The number of rotatable bonds is 6. The molecule has 5 nitrogen and oxygen atoms in total. The van der Waals surface area contributed by atoms with Crippen molar-refractivity contribution in [3.63, 3.8) is 0 Å². The minimum atomic E-state index is -1.04. The maximum Gasteiger partial charge on any atom is 0.267 e. The van der Waals surface area contributed by atoms with Crippen LogP contribution in [0.4, 0.5) is 11.4 Å². The molecule has 2 aromatic carbocycles. The monoisotopic (exact) mass is 418 g/mol. The first kappa shape index (κ1) is 20.0. The molecule has 2 N–H and O–H groups in total. The van der Waals surface area contributed by atoms with Crippen LogP contribution in [0.15, 0.2) is 53.0 Å². The highest BCUT2D eigenvalue weighted by Gasteiger charge is 2.30. The summed E-state index contributed by atoms with van der Waals surface area (Å²) in [6.07, 6.45) is 0. The minimum absolute atomic E-state index is 0.0502. The molecule has 0 atom stereocenters. The van der Waals surface area contributed by atoms with Crippen molar-refractivity contribution in [2.24, 2.45) is 5.92 Å². The molecule has 0 radical (unpaired) electrons. The van der Waals surface area contributed by atoms with Crippen molar-refractivity contribution in [3.8, 4) is 5.75 Å². The maximum atomic E-state index is 12.5. The molecule has 0 saturated heterocycles. The number of amides is 2. The van der Waals surface area contributed by atoms with Gasteiger partial charge in [-0.2, -0.15) is 0 Å². The molecule has 0 saturated carbocycles. The molecule has 0 fully saturated rings. The van der Waals surface area contributed by atoms with Gasteiger partial charge in [-0.25, -0.2) is 0 Å². The fourth-order valence-corrected chi connectivity index (χ4v) is 2.31. The van der Waals surface area contributed by atoms with Gasteiger partial charge in [0.05, 0.1) is 0 Å². The van der Waals surface area contributed by atoms with Crippen LogP contribution in [0, 0.1) is 5.92 Å². The van der Waals surface area contributed by atoms with E-state index in [0.717, 1.165) is 4.47 Å². The SMILES string of the molecule is CC(C)C(=O)Nc1ccc(NC(=O)C(C)(C)Oc2ccc(Br)cc2)cc1. The second-order valence-corrected chi connectivity index (χ2v) is 7.66. The minimum Gasteiger partial charge on any atom is -0.478 e. The van der Waals surface area contributed by atoms with Crippen molar-refractivity contribution in [3.05, 3.63) is 53.0 Å². The third-order valence-electron chi connectivity index (χ3n) is 3.67. The predicted octanol–water partition coefficient (Wildman–Crippen LogP) is 4.84. The van der Waals surface area contributed by atoms with E-state index in [4.69, 9.17) is 4.74 Å². The number of carbonyl (C=O) groups excluding carboxylic acids is 2. The second kappa shape index (κ2) is 8.36. The van der Waals surface area contributed by atoms with Crippen LogP contribution in [0.2, 0.25) is 0 Å². The van der Waals surface area contributed by atoms with Crippen molar-refractivity contribution in [1.82, 2.24) is 0 Å². The van der Waals surface area contributed by atoms with E-state index in [0.29, 0.717) is 17.1 Å². The van der Waals surface area contributed by atoms with Gasteiger partial charge in [0.25, 0.3) is 5.91 Å². The number of halogens is 1. The largest absolute Gasteiger partial charge is 0.478 e. The lowest BCUT2D eigenvalue weighted by atomic mass is 10.1. The van der Waals surface area contributed by atoms with Crippen LogP contribution >= 0.6 is 15.9 Å². The average molecular weight is 419 g/mol. The lowest BCUT2D eigenvalue weighted by Crippen LogP contribution is -2.42. The predicted molar refractivity (Wildman–Crippen MR) is 107 cm³/mol. The lowest BCUT2D eigenvalue weighted by molar-refractivity contribution is -0.128. The first-order valence-electron chi connectivity index (χ1n) is 8.34. The van der Waals surface area contributed by atoms with E-state index in [9.17, 15) is 9.59 Å². The molecule has 0 aromatic heterocycles. The van der Waals surface area contributed by atoms with Gasteiger partial charge in [-0.05, 0) is 62.4 Å². The number of hydrogen-bond acceptors (Lipinski definition) is 3. The van der Waals surface area contributed by atoms with Gasteiger partial charge in [0.1, 0.15) is 5.75 Å². The number of carbonyl (C=O) groups is 2. The van der Waals surface area contributed by atoms with Crippen molar-refractivity contribution in [1.29, 1.82) is 0 Å². The Bertz CT molecular complexity index is 769. The summed E-state index contributed by atoms with van der Waals surface area (Å²) in [5.41, 5.74) is 0.273. The molecule has 0 bridgehead atoms. The van der Waals surface area contributed by atoms with Crippen LogP contribution in [-0.4, -0.2) is 17.4 Å². The summed E-state index contributed by atoms with van der Waals surface area (Å²) < 4.78 is 6.75. The van der Waals surface area contributed by atoms with Crippen molar-refractivity contribution >= 4 is 39.1 Å². The number of benzene rings is 2. The molecule has 2 amide bonds. The molecule has 2 rings (SSSR count). The van der Waals surface area contributed by atoms with Crippen LogP contribution < -0.4 is 15.4 Å². The van der Waals surface area contributed by atoms with Crippen LogP contribution in [0.25, 0.3) is 0 Å². The Morgan fingerprint density at radius 1 is 0.923 bits per heavy atom. The Kier molecular flexibility index (Phi) is 6.42. The first-order valence-corrected chi connectivity index (χ1v) is 9.13. The molecule has 0 unspecified atom stereocenters. The summed E-state index contributed by atoms with van der Waals surface area (Å²) in [6.45, 7) is 7.08. The van der Waals surface area contributed by atoms with Gasteiger partial charge < -0.3 is 15.4 Å². The van der Waals surface area contributed by atoms with Crippen molar-refractivity contribution in [2.75, 3.05) is 10.6 Å². The number of nitrogens with one attached hydrogen (secondary N) is 2. The number of anilines is 2. The van der Waals surface area contributed by atoms with E-state index in [-0.39, 0.29) is 17.7 Å². The molecular formula is C20H23BrN2O3. The Labute approximate surface area is 162 Å². The van der Waals surface area contributed by atoms with Crippen LogP contribution in [0.3, 0.4) is 0 Å². The highest BCUT2D eigenvalue weighted by atomic mass is 79.9. The van der Waals surface area contributed by atoms with Crippen molar-refractivity contribution < 1.29 is 14.3 Å². The van der Waals surface area contributed by atoms with Gasteiger partial charge in [0.2, 0.25) is 5.91 Å². The van der Waals surface area contributed by atoms with E-state index in [2.05, 4.69) is 26.6 Å². The van der Waals surface area contributed by atoms with Crippen LogP contribution in [-0.2, 0) is 9.59 Å². The Morgan fingerprint density at radius 3 is 1.92 bits per heavy atom. The van der Waals surface area contributed by atoms with E-state index in [1.165, 1.54) is 0 Å². The Hall–Kier alpha value is -2.34. The van der Waals surface area contributed by atoms with Crippen molar-refractivity contribution in [2.45, 2.75) is 33.3 Å². The van der Waals surface area contributed by atoms with E-state index in [1.54, 1.807) is 50.2 Å². The average Bonchev–Trinajstić information content (AvgIpc) is 2.58. The summed E-state index contributed by atoms with van der Waals surface area (Å²) >= 11 is 3.37. The maximum absolute atomic E-state index is 12.5. The van der Waals surface area contributed by atoms with Crippen LogP contribution in [0.5, 0.6) is 5.75 Å². The fraction of sp³-hybridized carbons (Fsp3) is 0.300. The third kappa shape index (κ3) is 5.59. The summed E-state index contributed by atoms with van der Waals surface area (Å²) in [5, 5.41) is 5.64.